The molecule has 1 fully saturated rings. The van der Waals surface area contributed by atoms with Crippen LogP contribution in [0.5, 0.6) is 0 Å². The maximum Gasteiger partial charge on any atom is 0.271 e. The van der Waals surface area contributed by atoms with Crippen LogP contribution in [0.1, 0.15) is 15.4 Å². The average molecular weight is 505 g/mol. The third-order valence-corrected chi connectivity index (χ3v) is 7.99. The largest absolute Gasteiger partial charge is 0.379 e. The lowest BCUT2D eigenvalue weighted by Gasteiger charge is -2.34. The Morgan fingerprint density at radius 3 is 2.63 bits per heavy atom. The number of benzene rings is 2. The van der Waals surface area contributed by atoms with Gasteiger partial charge >= 0.3 is 0 Å². The van der Waals surface area contributed by atoms with Gasteiger partial charge < -0.3 is 9.64 Å². The Balaban J connectivity index is 1.26. The Bertz CT molecular complexity index is 1400. The zero-order chi connectivity index (χ0) is 23.9. The highest BCUT2D eigenvalue weighted by molar-refractivity contribution is 7.18. The molecule has 4 aromatic rings. The van der Waals surface area contributed by atoms with Crippen LogP contribution in [0.2, 0.25) is 5.02 Å². The molecule has 0 bridgehead atoms. The standard InChI is InChI=1S/C27H25ClN4O2S/c1-30-17-32(27(33)26-24(30)15-25(35-26)18-2-5-20(28)6-3-18)22-8-9-23-19(14-22)4-7-21(29-23)16-31-10-12-34-13-11-31/h2-9,14-15H,10-13,16-17H2,1H3. The predicted molar refractivity (Wildman–Crippen MR) is 143 cm³/mol. The first-order valence-corrected chi connectivity index (χ1v) is 12.9. The van der Waals surface area contributed by atoms with Crippen molar-refractivity contribution in [2.75, 3.05) is 49.8 Å². The highest BCUT2D eigenvalue weighted by Gasteiger charge is 2.31. The van der Waals surface area contributed by atoms with Gasteiger partial charge in [-0.1, -0.05) is 29.8 Å². The molecule has 6 rings (SSSR count). The normalized spacial score (nSPS) is 16.7. The van der Waals surface area contributed by atoms with Crippen molar-refractivity contribution in [2.45, 2.75) is 6.54 Å². The molecule has 2 aliphatic heterocycles. The van der Waals surface area contributed by atoms with Gasteiger partial charge in [0, 0.05) is 47.7 Å². The molecule has 0 atom stereocenters. The van der Waals surface area contributed by atoms with E-state index >= 15 is 0 Å². The Morgan fingerprint density at radius 2 is 1.83 bits per heavy atom. The van der Waals surface area contributed by atoms with Crippen LogP contribution in [0.15, 0.2) is 60.7 Å². The molecule has 1 amide bonds. The summed E-state index contributed by atoms with van der Waals surface area (Å²) < 4.78 is 5.44. The van der Waals surface area contributed by atoms with Crippen molar-refractivity contribution < 1.29 is 9.53 Å². The Hall–Kier alpha value is -2.97. The van der Waals surface area contributed by atoms with E-state index in [2.05, 4.69) is 34.1 Å². The second-order valence-electron chi connectivity index (χ2n) is 8.97. The molecule has 2 aliphatic rings. The van der Waals surface area contributed by atoms with Crippen molar-refractivity contribution in [1.29, 1.82) is 0 Å². The van der Waals surface area contributed by atoms with Crippen LogP contribution >= 0.6 is 22.9 Å². The van der Waals surface area contributed by atoms with Gasteiger partial charge in [-0.15, -0.1) is 11.3 Å². The Labute approximate surface area is 213 Å². The summed E-state index contributed by atoms with van der Waals surface area (Å²) in [6.07, 6.45) is 0. The first-order chi connectivity index (χ1) is 17.0. The summed E-state index contributed by atoms with van der Waals surface area (Å²) >= 11 is 7.58. The van der Waals surface area contributed by atoms with E-state index in [-0.39, 0.29) is 5.91 Å². The van der Waals surface area contributed by atoms with Crippen molar-refractivity contribution in [1.82, 2.24) is 9.88 Å². The molecule has 35 heavy (non-hydrogen) atoms. The summed E-state index contributed by atoms with van der Waals surface area (Å²) in [5.41, 5.74) is 4.91. The van der Waals surface area contributed by atoms with E-state index in [0.717, 1.165) is 76.1 Å². The van der Waals surface area contributed by atoms with Crippen molar-refractivity contribution in [3.63, 3.8) is 0 Å². The third-order valence-electron chi connectivity index (χ3n) is 6.58. The third kappa shape index (κ3) is 4.41. The first kappa shape index (κ1) is 22.5. The van der Waals surface area contributed by atoms with Crippen LogP contribution in [0.4, 0.5) is 11.4 Å². The lowest BCUT2D eigenvalue weighted by molar-refractivity contribution is 0.0337. The second-order valence-corrected chi connectivity index (χ2v) is 10.5. The first-order valence-electron chi connectivity index (χ1n) is 11.7. The monoisotopic (exact) mass is 504 g/mol. The number of anilines is 2. The number of carbonyl (C=O) groups excluding carboxylic acids is 1. The van der Waals surface area contributed by atoms with Crippen molar-refractivity contribution in [3.05, 3.63) is 76.3 Å². The Morgan fingerprint density at radius 1 is 1.03 bits per heavy atom. The number of ether oxygens (including phenoxy) is 1. The second kappa shape index (κ2) is 9.24. The molecule has 0 saturated carbocycles. The van der Waals surface area contributed by atoms with E-state index in [9.17, 15) is 4.79 Å². The highest BCUT2D eigenvalue weighted by Crippen LogP contribution is 2.41. The zero-order valence-electron chi connectivity index (χ0n) is 19.4. The van der Waals surface area contributed by atoms with Gasteiger partial charge in [-0.2, -0.15) is 0 Å². The number of hydrogen-bond donors (Lipinski definition) is 0. The number of halogens is 1. The fourth-order valence-corrected chi connectivity index (χ4v) is 5.94. The van der Waals surface area contributed by atoms with Crippen LogP contribution in [0, 0.1) is 0 Å². The minimum atomic E-state index is 0.0274. The fraction of sp³-hybridized carbons (Fsp3) is 0.259. The number of amides is 1. The summed E-state index contributed by atoms with van der Waals surface area (Å²) in [5.74, 6) is 0.0274. The topological polar surface area (TPSA) is 48.9 Å². The summed E-state index contributed by atoms with van der Waals surface area (Å²) in [4.78, 5) is 26.5. The van der Waals surface area contributed by atoms with E-state index in [1.807, 2.05) is 48.3 Å². The zero-order valence-corrected chi connectivity index (χ0v) is 21.0. The predicted octanol–water partition coefficient (Wildman–Crippen LogP) is 5.50. The van der Waals surface area contributed by atoms with Crippen LogP contribution < -0.4 is 9.80 Å². The molecular formula is C27H25ClN4O2S. The van der Waals surface area contributed by atoms with Gasteiger partial charge in [-0.3, -0.25) is 19.6 Å². The summed E-state index contributed by atoms with van der Waals surface area (Å²) in [6.45, 7) is 4.76. The molecule has 2 aromatic carbocycles. The molecule has 0 N–H and O–H groups in total. The van der Waals surface area contributed by atoms with Gasteiger partial charge in [0.05, 0.1) is 36.8 Å². The van der Waals surface area contributed by atoms with Crippen molar-refractivity contribution in [2.24, 2.45) is 0 Å². The number of pyridine rings is 1. The smallest absolute Gasteiger partial charge is 0.271 e. The van der Waals surface area contributed by atoms with E-state index in [4.69, 9.17) is 21.3 Å². The molecule has 8 heteroatoms. The number of fused-ring (bicyclic) bond motifs is 2. The number of nitrogens with zero attached hydrogens (tertiary/aromatic N) is 4. The quantitative estimate of drug-likeness (QED) is 0.367. The maximum atomic E-state index is 13.5. The van der Waals surface area contributed by atoms with Gasteiger partial charge in [-0.25, -0.2) is 0 Å². The average Bonchev–Trinajstić information content (AvgIpc) is 3.34. The number of thiophene rings is 1. The molecule has 0 spiro atoms. The van der Waals surface area contributed by atoms with E-state index in [0.29, 0.717) is 11.7 Å². The van der Waals surface area contributed by atoms with Gasteiger partial charge in [-0.05, 0) is 48.0 Å². The molecule has 2 aromatic heterocycles. The van der Waals surface area contributed by atoms with E-state index < -0.39 is 0 Å². The summed E-state index contributed by atoms with van der Waals surface area (Å²) in [5, 5.41) is 1.73. The molecule has 0 aliphatic carbocycles. The molecule has 0 unspecified atom stereocenters. The SMILES string of the molecule is CN1CN(c2ccc3nc(CN4CCOCC4)ccc3c2)C(=O)c2sc(-c3ccc(Cl)cc3)cc21. The van der Waals surface area contributed by atoms with E-state index in [1.165, 1.54) is 11.3 Å². The van der Waals surface area contributed by atoms with Crippen LogP contribution in [0.3, 0.4) is 0 Å². The fourth-order valence-electron chi connectivity index (χ4n) is 4.65. The number of aromatic nitrogens is 1. The lowest BCUT2D eigenvalue weighted by atomic mass is 10.1. The number of hydrogen-bond acceptors (Lipinski definition) is 6. The molecule has 6 nitrogen and oxygen atoms in total. The van der Waals surface area contributed by atoms with Crippen molar-refractivity contribution in [3.8, 4) is 10.4 Å². The maximum absolute atomic E-state index is 13.5. The number of morpholine rings is 1. The summed E-state index contributed by atoms with van der Waals surface area (Å²) in [6, 6.07) is 20.1. The molecule has 4 heterocycles. The molecule has 178 valence electrons. The summed E-state index contributed by atoms with van der Waals surface area (Å²) in [7, 11) is 2.02. The molecular weight excluding hydrogens is 480 g/mol. The lowest BCUT2D eigenvalue weighted by Crippen LogP contribution is -2.44. The number of carbonyl (C=O) groups is 1. The van der Waals surface area contributed by atoms with Crippen molar-refractivity contribution >= 4 is 51.1 Å². The molecule has 0 radical (unpaired) electrons. The van der Waals surface area contributed by atoms with E-state index in [1.54, 1.807) is 0 Å². The van der Waals surface area contributed by atoms with Gasteiger partial charge in [0.15, 0.2) is 0 Å². The minimum absolute atomic E-state index is 0.0274. The highest BCUT2D eigenvalue weighted by atomic mass is 35.5. The van der Waals surface area contributed by atoms with Gasteiger partial charge in [0.1, 0.15) is 4.88 Å². The van der Waals surface area contributed by atoms with Crippen LogP contribution in [-0.2, 0) is 11.3 Å². The van der Waals surface area contributed by atoms with Crippen LogP contribution in [0.25, 0.3) is 21.3 Å². The van der Waals surface area contributed by atoms with Gasteiger partial charge in [0.25, 0.3) is 5.91 Å². The Kier molecular flexibility index (Phi) is 5.94. The van der Waals surface area contributed by atoms with Crippen LogP contribution in [-0.4, -0.2) is 55.8 Å². The molecule has 1 saturated heterocycles. The number of rotatable bonds is 4. The minimum Gasteiger partial charge on any atom is -0.379 e. The van der Waals surface area contributed by atoms with Gasteiger partial charge in [0.2, 0.25) is 0 Å².